The summed E-state index contributed by atoms with van der Waals surface area (Å²) in [5, 5.41) is 23.6. The van der Waals surface area contributed by atoms with Gasteiger partial charge in [0.15, 0.2) is 5.78 Å². The van der Waals surface area contributed by atoms with Gasteiger partial charge in [0, 0.05) is 19.5 Å². The molecule has 1 unspecified atom stereocenters. The zero-order valence-electron chi connectivity index (χ0n) is 31.4. The molecule has 2 saturated heterocycles. The van der Waals surface area contributed by atoms with Gasteiger partial charge in [0.1, 0.15) is 17.9 Å². The van der Waals surface area contributed by atoms with Gasteiger partial charge in [-0.05, 0) is 55.6 Å². The molecule has 2 aliphatic rings. The van der Waals surface area contributed by atoms with Crippen molar-refractivity contribution in [2.75, 3.05) is 39.5 Å². The topological polar surface area (TPSA) is 162 Å². The maximum atomic E-state index is 14.1. The minimum atomic E-state index is -1.26. The molecule has 12 heteroatoms. The number of nitrogens with zero attached hydrogens (tertiary/aromatic N) is 1. The van der Waals surface area contributed by atoms with Crippen LogP contribution in [0.1, 0.15) is 65.0 Å². The number of morpholine rings is 1. The number of amides is 3. The molecule has 2 aliphatic heterocycles. The Kier molecular flexibility index (Phi) is 15.8. The molecule has 286 valence electrons. The maximum Gasteiger partial charge on any atom is 0.243 e. The van der Waals surface area contributed by atoms with Gasteiger partial charge in [-0.3, -0.25) is 29.4 Å². The van der Waals surface area contributed by atoms with Crippen molar-refractivity contribution in [2.24, 2.45) is 11.8 Å². The molecule has 3 amide bonds. The predicted molar refractivity (Wildman–Crippen MR) is 199 cm³/mol. The normalized spacial score (nSPS) is 20.4. The molecule has 0 saturated carbocycles. The van der Waals surface area contributed by atoms with Crippen LogP contribution in [0.25, 0.3) is 0 Å². The summed E-state index contributed by atoms with van der Waals surface area (Å²) in [6.45, 7) is 12.6. The number of hydrogen-bond donors (Lipinski definition) is 5. The average molecular weight is 722 g/mol. The summed E-state index contributed by atoms with van der Waals surface area (Å²) < 4.78 is 10.8. The molecule has 0 aliphatic carbocycles. The number of ketones is 1. The molecular formula is C40H59N5O7. The summed E-state index contributed by atoms with van der Waals surface area (Å²) in [5.41, 5.74) is 0.983. The number of ether oxygens (including phenoxy) is 2. The molecule has 0 aromatic heterocycles. The molecule has 12 nitrogen and oxygen atoms in total. The second kappa shape index (κ2) is 20.0. The Morgan fingerprint density at radius 1 is 0.788 bits per heavy atom. The lowest BCUT2D eigenvalue weighted by Gasteiger charge is -2.32. The molecule has 4 rings (SSSR count). The van der Waals surface area contributed by atoms with Crippen molar-refractivity contribution in [2.45, 2.75) is 103 Å². The van der Waals surface area contributed by atoms with E-state index in [0.29, 0.717) is 58.6 Å². The van der Waals surface area contributed by atoms with Crippen LogP contribution in [-0.4, -0.2) is 109 Å². The second-order valence-electron chi connectivity index (χ2n) is 15.2. The molecular weight excluding hydrogens is 662 g/mol. The number of carbonyl (C=O) groups excluding carboxylic acids is 4. The van der Waals surface area contributed by atoms with Crippen molar-refractivity contribution in [1.29, 1.82) is 0 Å². The smallest absolute Gasteiger partial charge is 0.243 e. The molecule has 2 heterocycles. The van der Waals surface area contributed by atoms with E-state index in [1.165, 1.54) is 0 Å². The molecule has 0 spiro atoms. The van der Waals surface area contributed by atoms with E-state index in [4.69, 9.17) is 9.47 Å². The maximum absolute atomic E-state index is 14.1. The molecule has 2 fully saturated rings. The van der Waals surface area contributed by atoms with Crippen LogP contribution in [0.4, 0.5) is 0 Å². The minimum absolute atomic E-state index is 0.0582. The van der Waals surface area contributed by atoms with Gasteiger partial charge < -0.3 is 30.5 Å². The third-order valence-corrected chi connectivity index (χ3v) is 9.54. The Balaban J connectivity index is 1.51. The van der Waals surface area contributed by atoms with Crippen molar-refractivity contribution < 1.29 is 33.8 Å². The Morgan fingerprint density at radius 3 is 1.90 bits per heavy atom. The van der Waals surface area contributed by atoms with Gasteiger partial charge in [0.2, 0.25) is 17.7 Å². The van der Waals surface area contributed by atoms with Crippen molar-refractivity contribution in [3.8, 4) is 0 Å². The number of rotatable bonds is 21. The van der Waals surface area contributed by atoms with E-state index in [1.807, 2.05) is 93.3 Å². The third-order valence-electron chi connectivity index (χ3n) is 9.54. The lowest BCUT2D eigenvalue weighted by molar-refractivity contribution is -0.134. The molecule has 2 aromatic rings. The highest BCUT2D eigenvalue weighted by molar-refractivity contribution is 5.98. The summed E-state index contributed by atoms with van der Waals surface area (Å²) in [7, 11) is 0. The SMILES string of the molecule is CC(C)C[C@H](NC(O)[C@H](CCc1ccccc1)NC(=O)CN1CCOCC1)C(=O)N[C@@H](Cc1ccccc1)C(=O)N[C@@H](CC(C)C)C(=O)[C@@]1(C)CO1. The monoisotopic (exact) mass is 721 g/mol. The summed E-state index contributed by atoms with van der Waals surface area (Å²) in [5.74, 6) is -1.15. The van der Waals surface area contributed by atoms with Crippen molar-refractivity contribution in [3.05, 3.63) is 71.8 Å². The lowest BCUT2D eigenvalue weighted by atomic mass is 9.93. The van der Waals surface area contributed by atoms with Crippen LogP contribution in [-0.2, 0) is 41.5 Å². The Bertz CT molecular complexity index is 1430. The number of aliphatic hydroxyl groups is 1. The largest absolute Gasteiger partial charge is 0.379 e. The summed E-state index contributed by atoms with van der Waals surface area (Å²) in [6, 6.07) is 15.8. The lowest BCUT2D eigenvalue weighted by Crippen LogP contribution is -2.60. The summed E-state index contributed by atoms with van der Waals surface area (Å²) in [4.78, 5) is 56.6. The van der Waals surface area contributed by atoms with Gasteiger partial charge in [0.05, 0.1) is 44.5 Å². The molecule has 5 N–H and O–H groups in total. The summed E-state index contributed by atoms with van der Waals surface area (Å²) >= 11 is 0. The van der Waals surface area contributed by atoms with E-state index < -0.39 is 47.8 Å². The number of aryl methyl sites for hydroxylation is 1. The third kappa shape index (κ3) is 13.4. The zero-order chi connectivity index (χ0) is 37.7. The highest BCUT2D eigenvalue weighted by atomic mass is 16.6. The van der Waals surface area contributed by atoms with E-state index in [2.05, 4.69) is 21.3 Å². The number of aliphatic hydroxyl groups excluding tert-OH is 1. The predicted octanol–water partition coefficient (Wildman–Crippen LogP) is 2.38. The number of Topliss-reactive ketones (excluding diaryl/α,β-unsaturated/α-hetero) is 1. The van der Waals surface area contributed by atoms with Gasteiger partial charge in [-0.25, -0.2) is 0 Å². The van der Waals surface area contributed by atoms with Crippen molar-refractivity contribution >= 4 is 23.5 Å². The Morgan fingerprint density at radius 2 is 1.33 bits per heavy atom. The molecule has 0 radical (unpaired) electrons. The standard InChI is InChI=1S/C40H59N5O7/c1-27(2)22-32(36(47)40(5)26-52-40)42-39(50)34(24-30-14-10-7-11-15-30)44-38(49)33(23-28(3)4)43-37(48)31(17-16-29-12-8-6-9-13-29)41-35(46)25-45-18-20-51-21-19-45/h6-15,27-28,31-34,37,43,48H,16-26H2,1-5H3,(H,41,46)(H,42,50)(H,44,49)/t31-,32-,33-,34-,37?,40+/m0/s1. The first-order valence-corrected chi connectivity index (χ1v) is 18.7. The summed E-state index contributed by atoms with van der Waals surface area (Å²) in [6.07, 6.45) is 0.753. The molecule has 6 atom stereocenters. The second-order valence-corrected chi connectivity index (χ2v) is 15.2. The van der Waals surface area contributed by atoms with Crippen LogP contribution in [0.3, 0.4) is 0 Å². The fraction of sp³-hybridized carbons (Fsp3) is 0.600. The number of benzene rings is 2. The fourth-order valence-electron chi connectivity index (χ4n) is 6.46. The van der Waals surface area contributed by atoms with E-state index in [-0.39, 0.29) is 36.5 Å². The van der Waals surface area contributed by atoms with Crippen LogP contribution in [0.15, 0.2) is 60.7 Å². The van der Waals surface area contributed by atoms with Crippen LogP contribution in [0.5, 0.6) is 0 Å². The first-order chi connectivity index (χ1) is 24.8. The highest BCUT2D eigenvalue weighted by Crippen LogP contribution is 2.29. The zero-order valence-corrected chi connectivity index (χ0v) is 31.4. The Hall–Kier alpha value is -3.68. The van der Waals surface area contributed by atoms with Gasteiger partial charge in [-0.15, -0.1) is 0 Å². The van der Waals surface area contributed by atoms with E-state index in [1.54, 1.807) is 6.92 Å². The first-order valence-electron chi connectivity index (χ1n) is 18.7. The van der Waals surface area contributed by atoms with Crippen LogP contribution in [0, 0.1) is 11.8 Å². The van der Waals surface area contributed by atoms with Crippen molar-refractivity contribution in [3.63, 3.8) is 0 Å². The van der Waals surface area contributed by atoms with Crippen LogP contribution in [0.2, 0.25) is 0 Å². The van der Waals surface area contributed by atoms with E-state index >= 15 is 0 Å². The van der Waals surface area contributed by atoms with E-state index in [0.717, 1.165) is 11.1 Å². The Labute approximate surface area is 308 Å². The minimum Gasteiger partial charge on any atom is -0.379 e. The first kappa shape index (κ1) is 41.1. The van der Waals surface area contributed by atoms with Gasteiger partial charge in [0.25, 0.3) is 0 Å². The van der Waals surface area contributed by atoms with Gasteiger partial charge in [-0.1, -0.05) is 88.4 Å². The van der Waals surface area contributed by atoms with Gasteiger partial charge >= 0.3 is 0 Å². The highest BCUT2D eigenvalue weighted by Gasteiger charge is 2.50. The van der Waals surface area contributed by atoms with Crippen molar-refractivity contribution in [1.82, 2.24) is 26.2 Å². The van der Waals surface area contributed by atoms with E-state index in [9.17, 15) is 24.3 Å². The molecule has 2 aromatic carbocycles. The number of hydrogen-bond acceptors (Lipinski definition) is 9. The average Bonchev–Trinajstić information content (AvgIpc) is 3.87. The fourth-order valence-corrected chi connectivity index (χ4v) is 6.46. The number of epoxide rings is 1. The molecule has 52 heavy (non-hydrogen) atoms. The van der Waals surface area contributed by atoms with Crippen LogP contribution < -0.4 is 21.3 Å². The molecule has 0 bridgehead atoms. The quantitative estimate of drug-likeness (QED) is 0.0964. The van der Waals surface area contributed by atoms with Gasteiger partial charge in [-0.2, -0.15) is 0 Å². The number of carbonyl (C=O) groups is 4. The van der Waals surface area contributed by atoms with Crippen LogP contribution >= 0.6 is 0 Å². The number of nitrogens with one attached hydrogen (secondary N) is 4.